The largest absolute Gasteiger partial charge is 0.507 e. The van der Waals surface area contributed by atoms with Crippen molar-refractivity contribution in [2.75, 3.05) is 36.4 Å². The molecule has 0 radical (unpaired) electrons. The fourth-order valence-electron chi connectivity index (χ4n) is 6.12. The van der Waals surface area contributed by atoms with Crippen LogP contribution in [0.4, 0.5) is 11.4 Å². The minimum Gasteiger partial charge on any atom is -0.507 e. The quantitative estimate of drug-likeness (QED) is 0.147. The lowest BCUT2D eigenvalue weighted by Gasteiger charge is -2.36. The van der Waals surface area contributed by atoms with Crippen LogP contribution in [0, 0.1) is 20.8 Å². The molecule has 6 rings (SSSR count). The Balaban J connectivity index is 1.33. The molecule has 2 heterocycles. The number of carbonyl (C=O) groups is 1. The normalized spacial score (nSPS) is 13.7. The second-order valence-corrected chi connectivity index (χ2v) is 12.1. The van der Waals surface area contributed by atoms with Gasteiger partial charge in [-0.3, -0.25) is 9.69 Å². The third kappa shape index (κ3) is 6.32. The fourth-order valence-corrected chi connectivity index (χ4v) is 6.33. The predicted octanol–water partition coefficient (Wildman–Crippen LogP) is 7.25. The summed E-state index contributed by atoms with van der Waals surface area (Å²) in [5, 5.41) is 14.5. The number of aromatic hydroxyl groups is 1. The van der Waals surface area contributed by atoms with Crippen molar-refractivity contribution in [1.82, 2.24) is 4.90 Å². The van der Waals surface area contributed by atoms with Crippen molar-refractivity contribution in [1.29, 1.82) is 0 Å². The summed E-state index contributed by atoms with van der Waals surface area (Å²) in [5.41, 5.74) is 6.45. The highest BCUT2D eigenvalue weighted by Crippen LogP contribution is 2.35. The molecule has 0 unspecified atom stereocenters. The number of phenolic OH excluding ortho intramolecular Hbond substituents is 1. The molecule has 8 heteroatoms. The minimum atomic E-state index is -0.577. The van der Waals surface area contributed by atoms with E-state index >= 15 is 0 Å². The Morgan fingerprint density at radius 1 is 0.911 bits per heavy atom. The number of amides is 1. The number of phenols is 1. The Labute approximate surface area is 267 Å². The number of aryl methyl sites for hydroxylation is 1. The molecule has 1 saturated heterocycles. The van der Waals surface area contributed by atoms with Gasteiger partial charge in [0.05, 0.1) is 12.0 Å². The summed E-state index contributed by atoms with van der Waals surface area (Å²) in [4.78, 5) is 31.7. The Morgan fingerprint density at radius 2 is 1.58 bits per heavy atom. The van der Waals surface area contributed by atoms with Gasteiger partial charge in [-0.1, -0.05) is 60.1 Å². The second kappa shape index (κ2) is 12.8. The summed E-state index contributed by atoms with van der Waals surface area (Å²) in [5.74, 6) is -0.142. The van der Waals surface area contributed by atoms with Crippen molar-refractivity contribution in [2.24, 2.45) is 0 Å². The Bertz CT molecular complexity index is 1930. The van der Waals surface area contributed by atoms with Gasteiger partial charge in [0.1, 0.15) is 11.3 Å². The number of rotatable bonds is 7. The van der Waals surface area contributed by atoms with Gasteiger partial charge in [-0.2, -0.15) is 0 Å². The number of carbonyl (C=O) groups excluding carboxylic acids is 1. The first kappa shape index (κ1) is 30.4. The molecule has 0 saturated carbocycles. The lowest BCUT2D eigenvalue weighted by atomic mass is 9.94. The van der Waals surface area contributed by atoms with Gasteiger partial charge in [-0.15, -0.1) is 0 Å². The molecule has 1 amide bonds. The average Bonchev–Trinajstić information content (AvgIpc) is 3.05. The number of piperazine rings is 1. The molecule has 45 heavy (non-hydrogen) atoms. The van der Waals surface area contributed by atoms with E-state index in [4.69, 9.17) is 16.0 Å². The molecule has 4 aromatic carbocycles. The maximum atomic E-state index is 13.5. The van der Waals surface area contributed by atoms with Crippen LogP contribution in [0.1, 0.15) is 27.8 Å². The van der Waals surface area contributed by atoms with E-state index in [2.05, 4.69) is 39.4 Å². The van der Waals surface area contributed by atoms with Crippen LogP contribution in [0.15, 0.2) is 88.1 Å². The Morgan fingerprint density at radius 3 is 2.27 bits per heavy atom. The Hall–Kier alpha value is -4.59. The van der Waals surface area contributed by atoms with E-state index in [0.717, 1.165) is 48.3 Å². The second-order valence-electron chi connectivity index (χ2n) is 11.7. The predicted molar refractivity (Wildman–Crippen MR) is 182 cm³/mol. The SMILES string of the molecule is Cc1cc(NC(=O)Cc2c(-c3ccccc3)c3cc(CN4CCN(c5ccccc5)CC4)c(Cl)cc3oc2=O)c(C)c(C)c1O. The highest BCUT2D eigenvalue weighted by Gasteiger charge is 2.23. The fraction of sp³-hybridized carbons (Fsp3) is 0.243. The van der Waals surface area contributed by atoms with Crippen LogP contribution in [0.3, 0.4) is 0 Å². The summed E-state index contributed by atoms with van der Waals surface area (Å²) < 4.78 is 5.80. The number of halogens is 1. The number of nitrogens with zero attached hydrogens (tertiary/aromatic N) is 2. The van der Waals surface area contributed by atoms with Crippen molar-refractivity contribution < 1.29 is 14.3 Å². The van der Waals surface area contributed by atoms with E-state index in [9.17, 15) is 14.7 Å². The first-order valence-corrected chi connectivity index (χ1v) is 15.5. The molecule has 7 nitrogen and oxygen atoms in total. The van der Waals surface area contributed by atoms with E-state index in [1.807, 2.05) is 56.3 Å². The van der Waals surface area contributed by atoms with E-state index in [-0.39, 0.29) is 23.6 Å². The van der Waals surface area contributed by atoms with Crippen LogP contribution < -0.4 is 15.8 Å². The van der Waals surface area contributed by atoms with Crippen molar-refractivity contribution in [2.45, 2.75) is 33.7 Å². The zero-order valence-electron chi connectivity index (χ0n) is 25.7. The van der Waals surface area contributed by atoms with Crippen molar-refractivity contribution in [3.8, 4) is 16.9 Å². The highest BCUT2D eigenvalue weighted by molar-refractivity contribution is 6.32. The molecule has 0 bridgehead atoms. The third-order valence-electron chi connectivity index (χ3n) is 8.79. The molecule has 0 atom stereocenters. The number of para-hydroxylation sites is 1. The van der Waals surface area contributed by atoms with Gasteiger partial charge < -0.3 is 19.7 Å². The minimum absolute atomic E-state index is 0.180. The highest BCUT2D eigenvalue weighted by atomic mass is 35.5. The smallest absolute Gasteiger partial charge is 0.340 e. The maximum absolute atomic E-state index is 13.5. The van der Waals surface area contributed by atoms with Crippen LogP contribution >= 0.6 is 11.6 Å². The summed E-state index contributed by atoms with van der Waals surface area (Å²) in [6, 6.07) is 25.5. The topological polar surface area (TPSA) is 86.0 Å². The number of hydrogen-bond acceptors (Lipinski definition) is 6. The summed E-state index contributed by atoms with van der Waals surface area (Å²) in [6.45, 7) is 9.70. The third-order valence-corrected chi connectivity index (χ3v) is 9.14. The first-order valence-electron chi connectivity index (χ1n) is 15.1. The van der Waals surface area contributed by atoms with Crippen molar-refractivity contribution in [3.05, 3.63) is 122 Å². The standard InChI is InChI=1S/C37H36ClN3O4/c1-23-18-32(24(2)25(3)36(23)43)39-34(42)20-30-35(26-10-6-4-7-11-26)29-19-27(31(38)21-33(29)45-37(30)44)22-40-14-16-41(17-15-40)28-12-8-5-9-13-28/h4-13,18-19,21,43H,14-17,20,22H2,1-3H3,(H,39,42). The van der Waals surface area contributed by atoms with Crippen LogP contribution in [-0.4, -0.2) is 42.1 Å². The Kier molecular flexibility index (Phi) is 8.65. The van der Waals surface area contributed by atoms with Gasteiger partial charge in [-0.05, 0) is 72.9 Å². The molecular formula is C37H36ClN3O4. The number of fused-ring (bicyclic) bond motifs is 1. The monoisotopic (exact) mass is 621 g/mol. The lowest BCUT2D eigenvalue weighted by Crippen LogP contribution is -2.46. The van der Waals surface area contributed by atoms with Gasteiger partial charge in [0.15, 0.2) is 0 Å². The summed E-state index contributed by atoms with van der Waals surface area (Å²) in [6.07, 6.45) is -0.180. The summed E-state index contributed by atoms with van der Waals surface area (Å²) >= 11 is 6.78. The van der Waals surface area contributed by atoms with E-state index < -0.39 is 5.63 Å². The zero-order chi connectivity index (χ0) is 31.7. The van der Waals surface area contributed by atoms with Crippen LogP contribution in [-0.2, 0) is 17.8 Å². The van der Waals surface area contributed by atoms with Crippen LogP contribution in [0.5, 0.6) is 5.75 Å². The van der Waals surface area contributed by atoms with Gasteiger partial charge in [0.25, 0.3) is 0 Å². The van der Waals surface area contributed by atoms with Crippen LogP contribution in [0.2, 0.25) is 5.02 Å². The molecule has 230 valence electrons. The lowest BCUT2D eigenvalue weighted by molar-refractivity contribution is -0.115. The molecule has 1 fully saturated rings. The number of nitrogens with one attached hydrogen (secondary N) is 1. The van der Waals surface area contributed by atoms with E-state index in [1.165, 1.54) is 5.69 Å². The zero-order valence-corrected chi connectivity index (χ0v) is 26.4. The number of anilines is 2. The van der Waals surface area contributed by atoms with Crippen molar-refractivity contribution >= 4 is 39.9 Å². The van der Waals surface area contributed by atoms with Gasteiger partial charge in [0.2, 0.25) is 5.91 Å². The average molecular weight is 622 g/mol. The molecule has 2 N–H and O–H groups in total. The molecule has 5 aromatic rings. The molecular weight excluding hydrogens is 586 g/mol. The van der Waals surface area contributed by atoms with Gasteiger partial charge in [-0.25, -0.2) is 4.79 Å². The van der Waals surface area contributed by atoms with Crippen molar-refractivity contribution in [3.63, 3.8) is 0 Å². The molecule has 0 aliphatic carbocycles. The van der Waals surface area contributed by atoms with Crippen LogP contribution in [0.25, 0.3) is 22.1 Å². The number of benzene rings is 4. The van der Waals surface area contributed by atoms with E-state index in [0.29, 0.717) is 39.5 Å². The first-order chi connectivity index (χ1) is 21.7. The van der Waals surface area contributed by atoms with Gasteiger partial charge in [0, 0.05) is 66.1 Å². The van der Waals surface area contributed by atoms with Gasteiger partial charge >= 0.3 is 5.63 Å². The molecule has 1 aliphatic rings. The maximum Gasteiger partial charge on any atom is 0.340 e. The molecule has 0 spiro atoms. The number of hydrogen-bond donors (Lipinski definition) is 2. The van der Waals surface area contributed by atoms with E-state index in [1.54, 1.807) is 19.1 Å². The summed E-state index contributed by atoms with van der Waals surface area (Å²) in [7, 11) is 0. The molecule has 1 aromatic heterocycles. The molecule has 1 aliphatic heterocycles.